The van der Waals surface area contributed by atoms with Gasteiger partial charge in [0, 0.05) is 0 Å². The Bertz CT molecular complexity index is 343. The number of halogens is 2. The number of rotatable bonds is 1. The molecular formula is C6H4BrClN2O2. The molecule has 0 aliphatic carbocycles. The number of carboxylic acids is 1. The van der Waals surface area contributed by atoms with Crippen molar-refractivity contribution in [1.29, 1.82) is 0 Å². The molecular weight excluding hydrogens is 247 g/mol. The van der Waals surface area contributed by atoms with Crippen LogP contribution in [0.15, 0.2) is 4.60 Å². The third-order valence-electron chi connectivity index (χ3n) is 1.17. The van der Waals surface area contributed by atoms with Crippen LogP contribution in [-0.2, 0) is 0 Å². The van der Waals surface area contributed by atoms with Gasteiger partial charge in [-0.3, -0.25) is 0 Å². The number of aromatic nitrogens is 2. The monoisotopic (exact) mass is 250 g/mol. The quantitative estimate of drug-likeness (QED) is 0.828. The van der Waals surface area contributed by atoms with Crippen molar-refractivity contribution >= 4 is 33.5 Å². The number of carbonyl (C=O) groups is 1. The van der Waals surface area contributed by atoms with Gasteiger partial charge >= 0.3 is 5.97 Å². The third-order valence-corrected chi connectivity index (χ3v) is 2.08. The summed E-state index contributed by atoms with van der Waals surface area (Å²) >= 11 is 8.54. The van der Waals surface area contributed by atoms with Crippen LogP contribution in [0, 0.1) is 6.92 Å². The van der Waals surface area contributed by atoms with Crippen LogP contribution in [0.4, 0.5) is 0 Å². The second-order valence-electron chi connectivity index (χ2n) is 2.04. The molecule has 6 heteroatoms. The molecule has 0 aliphatic rings. The molecule has 0 spiro atoms. The lowest BCUT2D eigenvalue weighted by Gasteiger charge is -2.00. The van der Waals surface area contributed by atoms with E-state index in [0.29, 0.717) is 5.69 Å². The lowest BCUT2D eigenvalue weighted by Crippen LogP contribution is -2.05. The zero-order valence-electron chi connectivity index (χ0n) is 6.01. The normalized spacial score (nSPS) is 9.92. The summed E-state index contributed by atoms with van der Waals surface area (Å²) < 4.78 is 0.144. The van der Waals surface area contributed by atoms with Gasteiger partial charge in [-0.05, 0) is 22.9 Å². The first-order valence-corrected chi connectivity index (χ1v) is 4.12. The highest BCUT2D eigenvalue weighted by Crippen LogP contribution is 2.17. The molecule has 4 nitrogen and oxygen atoms in total. The molecule has 0 fully saturated rings. The van der Waals surface area contributed by atoms with E-state index < -0.39 is 5.97 Å². The Kier molecular flexibility index (Phi) is 2.64. The number of hydrogen-bond donors (Lipinski definition) is 1. The highest BCUT2D eigenvalue weighted by atomic mass is 79.9. The SMILES string of the molecule is Cc1nc(C(=O)O)c(Br)nc1Cl. The maximum absolute atomic E-state index is 10.5. The fourth-order valence-corrected chi connectivity index (χ4v) is 1.28. The van der Waals surface area contributed by atoms with E-state index >= 15 is 0 Å². The van der Waals surface area contributed by atoms with Crippen LogP contribution in [0.25, 0.3) is 0 Å². The molecule has 0 aliphatic heterocycles. The third kappa shape index (κ3) is 1.73. The molecule has 0 saturated heterocycles. The molecule has 0 saturated carbocycles. The first-order valence-electron chi connectivity index (χ1n) is 2.95. The molecule has 0 aromatic carbocycles. The minimum absolute atomic E-state index is 0.128. The average Bonchev–Trinajstić information content (AvgIpc) is 1.96. The summed E-state index contributed by atoms with van der Waals surface area (Å²) in [6.07, 6.45) is 0. The van der Waals surface area contributed by atoms with Crippen molar-refractivity contribution < 1.29 is 9.90 Å². The predicted octanol–water partition coefficient (Wildman–Crippen LogP) is 1.90. The van der Waals surface area contributed by atoms with Crippen LogP contribution in [0.1, 0.15) is 16.2 Å². The molecule has 1 aromatic heterocycles. The van der Waals surface area contributed by atoms with E-state index in [-0.39, 0.29) is 15.5 Å². The van der Waals surface area contributed by atoms with Gasteiger partial charge in [-0.1, -0.05) is 11.6 Å². The lowest BCUT2D eigenvalue weighted by molar-refractivity contribution is 0.0688. The maximum Gasteiger partial charge on any atom is 0.357 e. The van der Waals surface area contributed by atoms with E-state index in [4.69, 9.17) is 16.7 Å². The molecule has 0 unspecified atom stereocenters. The molecule has 1 heterocycles. The van der Waals surface area contributed by atoms with Crippen LogP contribution in [0.3, 0.4) is 0 Å². The van der Waals surface area contributed by atoms with E-state index in [1.54, 1.807) is 6.92 Å². The van der Waals surface area contributed by atoms with Crippen molar-refractivity contribution in [3.05, 3.63) is 21.1 Å². The average molecular weight is 251 g/mol. The Hall–Kier alpha value is -0.680. The van der Waals surface area contributed by atoms with Crippen LogP contribution in [0.5, 0.6) is 0 Å². The Morgan fingerprint density at radius 3 is 2.67 bits per heavy atom. The van der Waals surface area contributed by atoms with Gasteiger partial charge in [0.05, 0.1) is 5.69 Å². The van der Waals surface area contributed by atoms with Crippen molar-refractivity contribution in [2.45, 2.75) is 6.92 Å². The lowest BCUT2D eigenvalue weighted by atomic mass is 10.4. The summed E-state index contributed by atoms with van der Waals surface area (Å²) in [5.74, 6) is -1.13. The summed E-state index contributed by atoms with van der Waals surface area (Å²) in [7, 11) is 0. The molecule has 12 heavy (non-hydrogen) atoms. The van der Waals surface area contributed by atoms with Crippen molar-refractivity contribution in [3.8, 4) is 0 Å². The van der Waals surface area contributed by atoms with Gasteiger partial charge in [0.1, 0.15) is 4.60 Å². The summed E-state index contributed by atoms with van der Waals surface area (Å²) in [6, 6.07) is 0. The van der Waals surface area contributed by atoms with Crippen molar-refractivity contribution in [2.24, 2.45) is 0 Å². The minimum Gasteiger partial charge on any atom is -0.476 e. The Balaban J connectivity index is 3.33. The van der Waals surface area contributed by atoms with Crippen LogP contribution < -0.4 is 0 Å². The van der Waals surface area contributed by atoms with E-state index in [9.17, 15) is 4.79 Å². The molecule has 0 amide bonds. The molecule has 0 bridgehead atoms. The molecule has 1 N–H and O–H groups in total. The highest BCUT2D eigenvalue weighted by molar-refractivity contribution is 9.10. The van der Waals surface area contributed by atoms with E-state index in [1.165, 1.54) is 0 Å². The zero-order valence-corrected chi connectivity index (χ0v) is 8.35. The maximum atomic E-state index is 10.5. The van der Waals surface area contributed by atoms with Gasteiger partial charge in [-0.15, -0.1) is 0 Å². The fraction of sp³-hybridized carbons (Fsp3) is 0.167. The first-order chi connectivity index (χ1) is 5.52. The van der Waals surface area contributed by atoms with Gasteiger partial charge in [0.25, 0.3) is 0 Å². The van der Waals surface area contributed by atoms with Gasteiger partial charge in [0.15, 0.2) is 10.8 Å². The fourth-order valence-electron chi connectivity index (χ4n) is 0.616. The molecule has 1 rings (SSSR count). The predicted molar refractivity (Wildman–Crippen MR) is 46.4 cm³/mol. The Labute approximate surface area is 81.7 Å². The van der Waals surface area contributed by atoms with Gasteiger partial charge in [-0.2, -0.15) is 0 Å². The second-order valence-corrected chi connectivity index (χ2v) is 3.15. The smallest absolute Gasteiger partial charge is 0.357 e. The zero-order chi connectivity index (χ0) is 9.30. The van der Waals surface area contributed by atoms with Crippen LogP contribution >= 0.6 is 27.5 Å². The number of nitrogens with zero attached hydrogens (tertiary/aromatic N) is 2. The number of hydrogen-bond acceptors (Lipinski definition) is 3. The Morgan fingerprint density at radius 1 is 1.58 bits per heavy atom. The standard InChI is InChI=1S/C6H4BrClN2O2/c1-2-5(8)10-4(7)3(9-2)6(11)12/h1H3,(H,11,12). The van der Waals surface area contributed by atoms with Crippen LogP contribution in [-0.4, -0.2) is 21.0 Å². The molecule has 64 valence electrons. The summed E-state index contributed by atoms with van der Waals surface area (Å²) in [5.41, 5.74) is 0.272. The van der Waals surface area contributed by atoms with E-state index in [1.807, 2.05) is 0 Å². The van der Waals surface area contributed by atoms with Gasteiger partial charge < -0.3 is 5.11 Å². The van der Waals surface area contributed by atoms with Gasteiger partial charge in [0.2, 0.25) is 0 Å². The Morgan fingerprint density at radius 2 is 2.17 bits per heavy atom. The molecule has 1 aromatic rings. The first kappa shape index (κ1) is 9.41. The van der Waals surface area contributed by atoms with Gasteiger partial charge in [-0.25, -0.2) is 14.8 Å². The minimum atomic E-state index is -1.13. The van der Waals surface area contributed by atoms with Crippen LogP contribution in [0.2, 0.25) is 5.15 Å². The summed E-state index contributed by atoms with van der Waals surface area (Å²) in [5, 5.41) is 8.81. The molecule has 0 atom stereocenters. The highest BCUT2D eigenvalue weighted by Gasteiger charge is 2.13. The van der Waals surface area contributed by atoms with E-state index in [0.717, 1.165) is 0 Å². The summed E-state index contributed by atoms with van der Waals surface area (Å²) in [4.78, 5) is 18.0. The second kappa shape index (κ2) is 3.37. The number of carboxylic acid groups (broad SMARTS) is 1. The van der Waals surface area contributed by atoms with E-state index in [2.05, 4.69) is 25.9 Å². The molecule has 0 radical (unpaired) electrons. The number of aryl methyl sites for hydroxylation is 1. The summed E-state index contributed by atoms with van der Waals surface area (Å²) in [6.45, 7) is 1.59. The topological polar surface area (TPSA) is 63.1 Å². The number of aromatic carboxylic acids is 1. The van der Waals surface area contributed by atoms with Crippen molar-refractivity contribution in [2.75, 3.05) is 0 Å². The van der Waals surface area contributed by atoms with Crippen molar-refractivity contribution in [1.82, 2.24) is 9.97 Å². The largest absolute Gasteiger partial charge is 0.476 e. The van der Waals surface area contributed by atoms with Crippen molar-refractivity contribution in [3.63, 3.8) is 0 Å².